The number of aliphatic hydroxyl groups excluding tert-OH is 2. The highest BCUT2D eigenvalue weighted by atomic mass is 16.7. The average Bonchev–Trinajstić information content (AvgIpc) is 3.08. The van der Waals surface area contributed by atoms with Gasteiger partial charge in [-0.05, 0) is 103 Å². The van der Waals surface area contributed by atoms with Crippen molar-refractivity contribution in [1.29, 1.82) is 0 Å². The van der Waals surface area contributed by atoms with Crippen molar-refractivity contribution in [2.24, 2.45) is 50.2 Å². The first kappa shape index (κ1) is 43.5. The number of rotatable bonds is 7. The van der Waals surface area contributed by atoms with Crippen LogP contribution < -0.4 is 0 Å². The lowest BCUT2D eigenvalue weighted by atomic mass is 9.33. The van der Waals surface area contributed by atoms with Gasteiger partial charge in [-0.3, -0.25) is 24.0 Å². The van der Waals surface area contributed by atoms with E-state index in [0.29, 0.717) is 37.5 Å². The Bertz CT molecular complexity index is 1670. The second-order valence-electron chi connectivity index (χ2n) is 20.3. The van der Waals surface area contributed by atoms with E-state index in [4.69, 9.17) is 28.4 Å². The van der Waals surface area contributed by atoms with Crippen molar-refractivity contribution in [2.75, 3.05) is 6.61 Å². The molecule has 4 unspecified atom stereocenters. The molecule has 5 fully saturated rings. The van der Waals surface area contributed by atoms with E-state index in [1.807, 2.05) is 0 Å². The number of hydrogen-bond donors (Lipinski definition) is 2. The lowest BCUT2D eigenvalue weighted by Gasteiger charge is -2.71. The number of esters is 5. The zero-order valence-corrected chi connectivity index (χ0v) is 35.8. The van der Waals surface area contributed by atoms with Gasteiger partial charge in [-0.1, -0.05) is 60.1 Å². The molecule has 0 amide bonds. The molecule has 5 aliphatic carbocycles. The lowest BCUT2D eigenvalue weighted by Crippen LogP contribution is -2.68. The SMILES string of the molecule is CC(=O)OCC1O[C@H](OC(=O)[C@]23CCC(C)(C)C[C@H]2C2=CC[C@@H]4[C@@]5(C)CC[C@H](O)C(C)(C)[C@@H]5CC[C@@]4(C)[C@]2(C)CC3O)C(OC(C)=O)C(OC(C)=O)[C@@H]1OC(C)=O. The van der Waals surface area contributed by atoms with Crippen molar-refractivity contribution in [2.45, 2.75) is 177 Å². The second kappa shape index (κ2) is 14.9. The minimum Gasteiger partial charge on any atom is -0.463 e. The maximum atomic E-state index is 15.2. The smallest absolute Gasteiger partial charge is 0.317 e. The molecule has 6 aliphatic rings. The largest absolute Gasteiger partial charge is 0.463 e. The van der Waals surface area contributed by atoms with Crippen LogP contribution >= 0.6 is 0 Å². The van der Waals surface area contributed by atoms with E-state index in [9.17, 15) is 29.4 Å². The molecule has 1 saturated heterocycles. The normalized spacial score (nSPS) is 44.3. The standard InChI is InChI=1S/C44H66O13/c1-23(45)52-22-29-34(53-24(2)46)35(54-25(3)47)36(55-26(4)48)37(56-29)57-38(51)44-19-18-39(5,6)20-28(44)27-12-13-31-41(9)16-15-32(49)40(7,8)30(41)14-17-42(31,10)43(27,11)21-33(44)50/h12,28-37,49-50H,13-22H2,1-11H3/t28-,29?,30-,31+,32-,33?,34+,35?,36?,37+,41-,42+,43+,44+/m0/s1. The van der Waals surface area contributed by atoms with Gasteiger partial charge in [0.05, 0.1) is 12.2 Å². The van der Waals surface area contributed by atoms with E-state index in [1.54, 1.807) is 0 Å². The molecule has 0 radical (unpaired) electrons. The highest BCUT2D eigenvalue weighted by molar-refractivity contribution is 5.80. The van der Waals surface area contributed by atoms with Crippen LogP contribution in [-0.2, 0) is 52.4 Å². The Morgan fingerprint density at radius 1 is 0.702 bits per heavy atom. The van der Waals surface area contributed by atoms with Crippen LogP contribution in [0.4, 0.5) is 0 Å². The lowest BCUT2D eigenvalue weighted by molar-refractivity contribution is -0.306. The Hall–Kier alpha value is -3.03. The Labute approximate surface area is 337 Å². The molecule has 0 aromatic rings. The van der Waals surface area contributed by atoms with Crippen molar-refractivity contribution >= 4 is 29.8 Å². The molecular weight excluding hydrogens is 736 g/mol. The first-order valence-electron chi connectivity index (χ1n) is 20.9. The van der Waals surface area contributed by atoms with Crippen LogP contribution in [0, 0.1) is 50.2 Å². The van der Waals surface area contributed by atoms with Crippen LogP contribution in [-0.4, -0.2) is 89.6 Å². The molecule has 1 aliphatic heterocycles. The maximum absolute atomic E-state index is 15.2. The molecule has 57 heavy (non-hydrogen) atoms. The van der Waals surface area contributed by atoms with Gasteiger partial charge < -0.3 is 38.6 Å². The Morgan fingerprint density at radius 3 is 1.93 bits per heavy atom. The average molecular weight is 803 g/mol. The van der Waals surface area contributed by atoms with Gasteiger partial charge >= 0.3 is 29.8 Å². The first-order valence-corrected chi connectivity index (χ1v) is 20.9. The summed E-state index contributed by atoms with van der Waals surface area (Å²) in [6, 6.07) is 0. The van der Waals surface area contributed by atoms with E-state index < -0.39 is 84.1 Å². The van der Waals surface area contributed by atoms with Crippen LogP contribution in [0.2, 0.25) is 0 Å². The van der Waals surface area contributed by atoms with Gasteiger partial charge in [-0.15, -0.1) is 0 Å². The van der Waals surface area contributed by atoms with Crippen molar-refractivity contribution in [3.63, 3.8) is 0 Å². The molecule has 320 valence electrons. The van der Waals surface area contributed by atoms with Crippen molar-refractivity contribution in [1.82, 2.24) is 0 Å². The Morgan fingerprint density at radius 2 is 1.32 bits per heavy atom. The fourth-order valence-electron chi connectivity index (χ4n) is 13.2. The quantitative estimate of drug-likeness (QED) is 0.181. The van der Waals surface area contributed by atoms with E-state index >= 15 is 4.79 Å². The third-order valence-electron chi connectivity index (χ3n) is 16.2. The molecule has 0 spiro atoms. The molecule has 13 heteroatoms. The molecule has 0 bridgehead atoms. The molecule has 14 atom stereocenters. The van der Waals surface area contributed by atoms with Crippen molar-refractivity contribution < 1.29 is 62.6 Å². The highest BCUT2D eigenvalue weighted by Crippen LogP contribution is 2.76. The zero-order valence-electron chi connectivity index (χ0n) is 35.8. The number of aliphatic hydroxyl groups is 2. The number of hydrogen-bond acceptors (Lipinski definition) is 13. The highest BCUT2D eigenvalue weighted by Gasteiger charge is 2.72. The van der Waals surface area contributed by atoms with Crippen molar-refractivity contribution in [3.05, 3.63) is 11.6 Å². The minimum atomic E-state index is -1.69. The molecule has 4 saturated carbocycles. The van der Waals surface area contributed by atoms with Gasteiger partial charge in [0.25, 0.3) is 0 Å². The number of allylic oxidation sites excluding steroid dienone is 2. The van der Waals surface area contributed by atoms with Gasteiger partial charge in [-0.25, -0.2) is 0 Å². The maximum Gasteiger partial charge on any atom is 0.317 e. The van der Waals surface area contributed by atoms with Crippen molar-refractivity contribution in [3.8, 4) is 0 Å². The summed E-state index contributed by atoms with van der Waals surface area (Å²) in [4.78, 5) is 64.4. The summed E-state index contributed by atoms with van der Waals surface area (Å²) in [7, 11) is 0. The van der Waals surface area contributed by atoms with Crippen LogP contribution in [0.1, 0.15) is 134 Å². The van der Waals surface area contributed by atoms with Gasteiger partial charge in [0.1, 0.15) is 18.1 Å². The summed E-state index contributed by atoms with van der Waals surface area (Å²) >= 11 is 0. The summed E-state index contributed by atoms with van der Waals surface area (Å²) in [6.07, 6.45) is -0.174. The summed E-state index contributed by atoms with van der Waals surface area (Å²) in [6.45, 7) is 20.0. The predicted molar refractivity (Wildman–Crippen MR) is 204 cm³/mol. The van der Waals surface area contributed by atoms with Gasteiger partial charge in [0.15, 0.2) is 12.2 Å². The zero-order chi connectivity index (χ0) is 42.3. The number of carbonyl (C=O) groups is 5. The summed E-state index contributed by atoms with van der Waals surface area (Å²) in [5, 5.41) is 23.8. The van der Waals surface area contributed by atoms with Crippen LogP contribution in [0.25, 0.3) is 0 Å². The predicted octanol–water partition coefficient (Wildman–Crippen LogP) is 5.75. The molecule has 0 aromatic heterocycles. The summed E-state index contributed by atoms with van der Waals surface area (Å²) in [5.41, 5.74) is -1.24. The fraction of sp³-hybridized carbons (Fsp3) is 0.841. The first-order chi connectivity index (χ1) is 26.3. The van der Waals surface area contributed by atoms with E-state index in [2.05, 4.69) is 54.5 Å². The number of ether oxygens (including phenoxy) is 6. The van der Waals surface area contributed by atoms with Crippen LogP contribution in [0.3, 0.4) is 0 Å². The fourth-order valence-corrected chi connectivity index (χ4v) is 13.2. The van der Waals surface area contributed by atoms with Gasteiger partial charge in [0, 0.05) is 27.7 Å². The molecule has 6 rings (SSSR count). The van der Waals surface area contributed by atoms with Crippen LogP contribution in [0.15, 0.2) is 11.6 Å². The Balaban J connectivity index is 1.40. The van der Waals surface area contributed by atoms with E-state index in [-0.39, 0.29) is 33.7 Å². The monoisotopic (exact) mass is 802 g/mol. The topological polar surface area (TPSA) is 181 Å². The van der Waals surface area contributed by atoms with Gasteiger partial charge in [-0.2, -0.15) is 0 Å². The molecule has 2 N–H and O–H groups in total. The summed E-state index contributed by atoms with van der Waals surface area (Å²) in [5.74, 6) is -3.49. The summed E-state index contributed by atoms with van der Waals surface area (Å²) < 4.78 is 34.5. The number of fused-ring (bicyclic) bond motifs is 7. The minimum absolute atomic E-state index is 0.0137. The molecule has 0 aromatic carbocycles. The van der Waals surface area contributed by atoms with E-state index in [1.165, 1.54) is 12.5 Å². The van der Waals surface area contributed by atoms with Crippen LogP contribution in [0.5, 0.6) is 0 Å². The Kier molecular flexibility index (Phi) is 11.4. The van der Waals surface area contributed by atoms with E-state index in [0.717, 1.165) is 52.9 Å². The van der Waals surface area contributed by atoms with Gasteiger partial charge in [0.2, 0.25) is 12.4 Å². The molecule has 1 heterocycles. The number of carbonyl (C=O) groups excluding carboxylic acids is 5. The third kappa shape index (κ3) is 7.13. The molecular formula is C44H66O13. The second-order valence-corrected chi connectivity index (χ2v) is 20.3. The molecule has 13 nitrogen and oxygen atoms in total. The third-order valence-corrected chi connectivity index (χ3v) is 16.2.